The van der Waals surface area contributed by atoms with Crippen LogP contribution in [0.25, 0.3) is 0 Å². The van der Waals surface area contributed by atoms with Crippen LogP contribution in [0.5, 0.6) is 0 Å². The van der Waals surface area contributed by atoms with Crippen molar-refractivity contribution in [3.63, 3.8) is 0 Å². The van der Waals surface area contributed by atoms with Gasteiger partial charge in [-0.2, -0.15) is 0 Å². The zero-order chi connectivity index (χ0) is 11.4. The van der Waals surface area contributed by atoms with E-state index < -0.39 is 0 Å². The van der Waals surface area contributed by atoms with Gasteiger partial charge in [0.15, 0.2) is 0 Å². The number of nitrogens with one attached hydrogen (secondary N) is 1. The summed E-state index contributed by atoms with van der Waals surface area (Å²) in [7, 11) is 0. The van der Waals surface area contributed by atoms with E-state index in [0.29, 0.717) is 0 Å². The number of hydrogen-bond acceptors (Lipinski definition) is 3. The molecular weight excluding hydrogens is 222 g/mol. The molecule has 2 rings (SSSR count). The summed E-state index contributed by atoms with van der Waals surface area (Å²) in [6.45, 7) is -0.0474. The van der Waals surface area contributed by atoms with Gasteiger partial charge >= 0.3 is 0 Å². The molecule has 0 spiro atoms. The summed E-state index contributed by atoms with van der Waals surface area (Å²) in [6, 6.07) is 7.35. The van der Waals surface area contributed by atoms with Crippen LogP contribution in [0.3, 0.4) is 0 Å². The number of anilines is 1. The molecule has 16 heavy (non-hydrogen) atoms. The Morgan fingerprint density at radius 3 is 3.00 bits per heavy atom. The van der Waals surface area contributed by atoms with E-state index in [-0.39, 0.29) is 17.8 Å². The van der Waals surface area contributed by atoms with E-state index >= 15 is 0 Å². The molecule has 1 unspecified atom stereocenters. The van der Waals surface area contributed by atoms with Gasteiger partial charge in [0.05, 0.1) is 11.9 Å². The molecule has 4 heteroatoms. The largest absolute Gasteiger partial charge is 0.392 e. The minimum absolute atomic E-state index is 0.0474. The Morgan fingerprint density at radius 2 is 2.31 bits per heavy atom. The number of benzene rings is 1. The first-order valence-corrected chi connectivity index (χ1v) is 6.47. The van der Waals surface area contributed by atoms with Crippen LogP contribution in [-0.2, 0) is 11.4 Å². The van der Waals surface area contributed by atoms with E-state index in [1.807, 2.05) is 24.3 Å². The highest BCUT2D eigenvalue weighted by Gasteiger charge is 2.23. The summed E-state index contributed by atoms with van der Waals surface area (Å²) in [6.07, 6.45) is 2.07. The summed E-state index contributed by atoms with van der Waals surface area (Å²) in [4.78, 5) is 11.9. The summed E-state index contributed by atoms with van der Waals surface area (Å²) >= 11 is 1.71. The number of aliphatic hydroxyl groups excluding tert-OH is 1. The van der Waals surface area contributed by atoms with Gasteiger partial charge < -0.3 is 10.4 Å². The second-order valence-corrected chi connectivity index (χ2v) is 5.12. The molecule has 0 aliphatic carbocycles. The lowest BCUT2D eigenvalue weighted by Gasteiger charge is -2.12. The Bertz CT molecular complexity index is 375. The maximum absolute atomic E-state index is 11.9. The van der Waals surface area contributed by atoms with Crippen molar-refractivity contribution in [2.75, 3.05) is 11.1 Å². The molecule has 1 aromatic carbocycles. The molecule has 1 heterocycles. The quantitative estimate of drug-likeness (QED) is 0.845. The fraction of sp³-hybridized carbons (Fsp3) is 0.417. The zero-order valence-electron chi connectivity index (χ0n) is 8.98. The van der Waals surface area contributed by atoms with E-state index in [1.165, 1.54) is 0 Å². The number of thioether (sulfide) groups is 1. The molecule has 0 bridgehead atoms. The fourth-order valence-electron chi connectivity index (χ4n) is 1.78. The Balaban J connectivity index is 2.05. The highest BCUT2D eigenvalue weighted by molar-refractivity contribution is 8.00. The average Bonchev–Trinajstić information content (AvgIpc) is 2.83. The third-order valence-corrected chi connectivity index (χ3v) is 4.04. The predicted molar refractivity (Wildman–Crippen MR) is 66.5 cm³/mol. The van der Waals surface area contributed by atoms with Crippen molar-refractivity contribution in [1.29, 1.82) is 0 Å². The number of hydrogen-bond donors (Lipinski definition) is 2. The molecule has 1 saturated heterocycles. The summed E-state index contributed by atoms with van der Waals surface area (Å²) in [5.41, 5.74) is 1.49. The zero-order valence-corrected chi connectivity index (χ0v) is 9.80. The first-order chi connectivity index (χ1) is 7.81. The molecule has 0 aromatic heterocycles. The first kappa shape index (κ1) is 11.5. The molecular formula is C12H15NO2S. The maximum Gasteiger partial charge on any atom is 0.237 e. The van der Waals surface area contributed by atoms with Gasteiger partial charge in [-0.25, -0.2) is 0 Å². The van der Waals surface area contributed by atoms with Crippen molar-refractivity contribution in [3.05, 3.63) is 29.8 Å². The first-order valence-electron chi connectivity index (χ1n) is 5.42. The molecule has 1 atom stereocenters. The van der Waals surface area contributed by atoms with Gasteiger partial charge in [-0.15, -0.1) is 11.8 Å². The molecule has 1 aliphatic heterocycles. The van der Waals surface area contributed by atoms with Crippen LogP contribution in [0.2, 0.25) is 0 Å². The third kappa shape index (κ3) is 2.57. The molecule has 0 radical (unpaired) electrons. The number of para-hydroxylation sites is 1. The molecule has 1 fully saturated rings. The molecule has 0 saturated carbocycles. The Labute approximate surface area is 99.2 Å². The minimum Gasteiger partial charge on any atom is -0.392 e. The van der Waals surface area contributed by atoms with E-state index in [1.54, 1.807) is 11.8 Å². The molecule has 86 valence electrons. The van der Waals surface area contributed by atoms with Crippen LogP contribution in [0.1, 0.15) is 18.4 Å². The van der Waals surface area contributed by atoms with Crippen molar-refractivity contribution in [2.24, 2.45) is 0 Å². The molecule has 3 nitrogen and oxygen atoms in total. The molecule has 1 aliphatic rings. The number of amides is 1. The average molecular weight is 237 g/mol. The molecule has 1 aromatic rings. The van der Waals surface area contributed by atoms with E-state index in [2.05, 4.69) is 5.32 Å². The van der Waals surface area contributed by atoms with Crippen LogP contribution < -0.4 is 5.32 Å². The lowest BCUT2D eigenvalue weighted by Crippen LogP contribution is -2.23. The van der Waals surface area contributed by atoms with Gasteiger partial charge in [-0.3, -0.25) is 4.79 Å². The monoisotopic (exact) mass is 237 g/mol. The number of carbonyl (C=O) groups excluding carboxylic acids is 1. The summed E-state index contributed by atoms with van der Waals surface area (Å²) in [5.74, 6) is 1.13. The second-order valence-electron chi connectivity index (χ2n) is 3.81. The third-order valence-electron chi connectivity index (χ3n) is 2.67. The van der Waals surface area contributed by atoms with Crippen LogP contribution >= 0.6 is 11.8 Å². The Kier molecular flexibility index (Phi) is 3.85. The fourth-order valence-corrected chi connectivity index (χ4v) is 2.94. The lowest BCUT2D eigenvalue weighted by atomic mass is 10.1. The standard InChI is InChI=1S/C12H15NO2S/c14-8-9-4-1-2-5-10(9)13-12(15)11-6-3-7-16-11/h1-2,4-5,11,14H,3,6-8H2,(H,13,15). The topological polar surface area (TPSA) is 49.3 Å². The number of rotatable bonds is 3. The summed E-state index contributed by atoms with van der Waals surface area (Å²) < 4.78 is 0. The van der Waals surface area contributed by atoms with Gasteiger partial charge in [0.1, 0.15) is 0 Å². The van der Waals surface area contributed by atoms with Gasteiger partial charge in [-0.1, -0.05) is 18.2 Å². The van der Waals surface area contributed by atoms with E-state index in [0.717, 1.165) is 29.8 Å². The Hall–Kier alpha value is -1.00. The van der Waals surface area contributed by atoms with Crippen molar-refractivity contribution < 1.29 is 9.90 Å². The van der Waals surface area contributed by atoms with Gasteiger partial charge in [0, 0.05) is 11.3 Å². The highest BCUT2D eigenvalue weighted by atomic mass is 32.2. The summed E-state index contributed by atoms with van der Waals surface area (Å²) in [5, 5.41) is 12.1. The lowest BCUT2D eigenvalue weighted by molar-refractivity contribution is -0.115. The van der Waals surface area contributed by atoms with Crippen LogP contribution in [0.15, 0.2) is 24.3 Å². The number of carbonyl (C=O) groups is 1. The highest BCUT2D eigenvalue weighted by Crippen LogP contribution is 2.27. The van der Waals surface area contributed by atoms with Crippen molar-refractivity contribution in [3.8, 4) is 0 Å². The molecule has 2 N–H and O–H groups in total. The SMILES string of the molecule is O=C(Nc1ccccc1CO)C1CCCS1. The van der Waals surface area contributed by atoms with Crippen LogP contribution in [0.4, 0.5) is 5.69 Å². The normalized spacial score (nSPS) is 19.7. The van der Waals surface area contributed by atoms with Crippen LogP contribution in [-0.4, -0.2) is 22.0 Å². The smallest absolute Gasteiger partial charge is 0.237 e. The van der Waals surface area contributed by atoms with E-state index in [9.17, 15) is 4.79 Å². The van der Waals surface area contributed by atoms with Crippen LogP contribution in [0, 0.1) is 0 Å². The molecule has 1 amide bonds. The van der Waals surface area contributed by atoms with Gasteiger partial charge in [-0.05, 0) is 24.7 Å². The van der Waals surface area contributed by atoms with Crippen molar-refractivity contribution in [2.45, 2.75) is 24.7 Å². The van der Waals surface area contributed by atoms with Crippen molar-refractivity contribution >= 4 is 23.4 Å². The Morgan fingerprint density at radius 1 is 1.50 bits per heavy atom. The second kappa shape index (κ2) is 5.37. The minimum atomic E-state index is -0.0474. The van der Waals surface area contributed by atoms with Gasteiger partial charge in [0.25, 0.3) is 0 Å². The van der Waals surface area contributed by atoms with Crippen molar-refractivity contribution in [1.82, 2.24) is 0 Å². The predicted octanol–water partition coefficient (Wildman–Crippen LogP) is 2.01. The number of aliphatic hydroxyl groups is 1. The van der Waals surface area contributed by atoms with E-state index in [4.69, 9.17) is 5.11 Å². The maximum atomic E-state index is 11.9. The van der Waals surface area contributed by atoms with Gasteiger partial charge in [0.2, 0.25) is 5.91 Å².